The fourth-order valence-corrected chi connectivity index (χ4v) is 3.61. The van der Waals surface area contributed by atoms with Crippen molar-refractivity contribution in [3.8, 4) is 0 Å². The summed E-state index contributed by atoms with van der Waals surface area (Å²) in [4.78, 5) is 56.1. The number of unbranched alkanes of at least 4 members (excludes halogenated alkanes) is 3. The maximum Gasteiger partial charge on any atom is 0.305 e. The minimum Gasteiger partial charge on any atom is -0.481 e. The maximum atomic E-state index is 13.1. The van der Waals surface area contributed by atoms with Gasteiger partial charge < -0.3 is 26.4 Å². The highest BCUT2D eigenvalue weighted by atomic mass is 16.4. The van der Waals surface area contributed by atoms with Gasteiger partial charge in [-0.15, -0.1) is 0 Å². The van der Waals surface area contributed by atoms with Crippen molar-refractivity contribution in [1.82, 2.24) is 19.8 Å². The lowest BCUT2D eigenvalue weighted by atomic mass is 10.1. The molecule has 0 radical (unpaired) electrons. The number of carbonyl (C=O) groups excluding carboxylic acids is 2. The number of aliphatic carboxylic acids is 1. The van der Waals surface area contributed by atoms with Crippen LogP contribution in [-0.4, -0.2) is 86.6 Å². The van der Waals surface area contributed by atoms with Gasteiger partial charge in [-0.1, -0.05) is 38.3 Å². The van der Waals surface area contributed by atoms with E-state index >= 15 is 0 Å². The summed E-state index contributed by atoms with van der Waals surface area (Å²) in [6.07, 6.45) is 6.39. The molecule has 0 aliphatic carbocycles. The number of hydrogen-bond acceptors (Lipinski definition) is 10. The van der Waals surface area contributed by atoms with Gasteiger partial charge in [0, 0.05) is 12.4 Å². The number of amides is 1. The van der Waals surface area contributed by atoms with E-state index in [9.17, 15) is 24.3 Å². The second-order valence-corrected chi connectivity index (χ2v) is 8.85. The number of rotatable bonds is 18. The number of aromatic nitrogens is 2. The SMILES string of the molecule is CCCCCCN(C)CC(=O)C(CC(=O)O)NC(=O)C(CC)n1ccnc(NCC(=N)/C(C)=N\O)c1=O. The summed E-state index contributed by atoms with van der Waals surface area (Å²) in [6, 6.07) is -2.26. The minimum absolute atomic E-state index is 0.00701. The molecule has 0 saturated carbocycles. The van der Waals surface area contributed by atoms with Crippen molar-refractivity contribution in [2.45, 2.75) is 71.4 Å². The van der Waals surface area contributed by atoms with E-state index in [1.807, 2.05) is 4.90 Å². The Morgan fingerprint density at radius 2 is 1.95 bits per heavy atom. The van der Waals surface area contributed by atoms with Gasteiger partial charge in [0.15, 0.2) is 11.6 Å². The first kappa shape index (κ1) is 31.4. The van der Waals surface area contributed by atoms with Crippen LogP contribution in [0.1, 0.15) is 65.3 Å². The third-order valence-corrected chi connectivity index (χ3v) is 5.82. The van der Waals surface area contributed by atoms with Crippen LogP contribution in [0, 0.1) is 5.41 Å². The molecule has 1 heterocycles. The molecule has 5 N–H and O–H groups in total. The Morgan fingerprint density at radius 1 is 1.24 bits per heavy atom. The molecule has 13 nitrogen and oxygen atoms in total. The molecule has 0 spiro atoms. The van der Waals surface area contributed by atoms with Crippen molar-refractivity contribution in [2.24, 2.45) is 5.16 Å². The van der Waals surface area contributed by atoms with Crippen LogP contribution in [-0.2, 0) is 14.4 Å². The van der Waals surface area contributed by atoms with Gasteiger partial charge in [0.05, 0.1) is 37.0 Å². The van der Waals surface area contributed by atoms with Gasteiger partial charge in [-0.25, -0.2) is 4.98 Å². The third kappa shape index (κ3) is 10.5. The summed E-state index contributed by atoms with van der Waals surface area (Å²) in [5, 5.41) is 34.0. The van der Waals surface area contributed by atoms with E-state index in [-0.39, 0.29) is 36.8 Å². The summed E-state index contributed by atoms with van der Waals surface area (Å²) in [6.45, 7) is 5.75. The zero-order valence-electron chi connectivity index (χ0n) is 22.0. The number of carboxylic acids is 1. The first-order valence-electron chi connectivity index (χ1n) is 12.4. The second-order valence-electron chi connectivity index (χ2n) is 8.85. The average Bonchev–Trinajstić information content (AvgIpc) is 2.85. The molecule has 1 aromatic rings. The quantitative estimate of drug-likeness (QED) is 0.0825. The van der Waals surface area contributed by atoms with Gasteiger partial charge in [0.1, 0.15) is 6.04 Å². The van der Waals surface area contributed by atoms with Crippen LogP contribution >= 0.6 is 0 Å². The molecule has 2 atom stereocenters. The molecule has 13 heteroatoms. The van der Waals surface area contributed by atoms with E-state index < -0.39 is 41.7 Å². The summed E-state index contributed by atoms with van der Waals surface area (Å²) in [5.41, 5.74) is -0.631. The molecule has 1 rings (SSSR count). The molecule has 0 aliphatic rings. The largest absolute Gasteiger partial charge is 0.481 e. The first-order chi connectivity index (χ1) is 17.5. The fraction of sp³-hybridized carbons (Fsp3) is 0.625. The van der Waals surface area contributed by atoms with E-state index in [4.69, 9.17) is 10.6 Å². The Morgan fingerprint density at radius 3 is 2.54 bits per heavy atom. The van der Waals surface area contributed by atoms with E-state index in [1.54, 1.807) is 14.0 Å². The molecule has 0 aliphatic heterocycles. The number of nitrogens with zero attached hydrogens (tertiary/aromatic N) is 4. The van der Waals surface area contributed by atoms with Gasteiger partial charge >= 0.3 is 5.97 Å². The van der Waals surface area contributed by atoms with E-state index in [0.29, 0.717) is 6.54 Å². The zero-order chi connectivity index (χ0) is 28.0. The normalized spacial score (nSPS) is 13.2. The number of Topliss-reactive ketones (excluding diaryl/α,β-unsaturated/α-hetero) is 1. The topological polar surface area (TPSA) is 190 Å². The lowest BCUT2D eigenvalue weighted by Crippen LogP contribution is -2.49. The van der Waals surface area contributed by atoms with Crippen molar-refractivity contribution in [2.75, 3.05) is 32.0 Å². The Hall–Kier alpha value is -3.61. The number of oxime groups is 1. The highest BCUT2D eigenvalue weighted by molar-refractivity contribution is 6.41. The average molecular weight is 522 g/mol. The summed E-state index contributed by atoms with van der Waals surface area (Å²) < 4.78 is 1.14. The number of carbonyl (C=O) groups is 3. The third-order valence-electron chi connectivity index (χ3n) is 5.82. The van der Waals surface area contributed by atoms with Gasteiger partial charge in [-0.2, -0.15) is 0 Å². The van der Waals surface area contributed by atoms with Crippen molar-refractivity contribution in [1.29, 1.82) is 5.41 Å². The van der Waals surface area contributed by atoms with Crippen LogP contribution in [0.4, 0.5) is 5.82 Å². The van der Waals surface area contributed by atoms with E-state index in [1.165, 1.54) is 19.3 Å². The second kappa shape index (κ2) is 16.2. The molecule has 2 unspecified atom stereocenters. The molecule has 0 fully saturated rings. The predicted octanol–water partition coefficient (Wildman–Crippen LogP) is 1.52. The highest BCUT2D eigenvalue weighted by Crippen LogP contribution is 2.11. The van der Waals surface area contributed by atoms with Gasteiger partial charge in [0.2, 0.25) is 5.91 Å². The summed E-state index contributed by atoms with van der Waals surface area (Å²) in [5.74, 6) is -2.43. The van der Waals surface area contributed by atoms with Crippen LogP contribution in [0.5, 0.6) is 0 Å². The molecule has 206 valence electrons. The Labute approximate surface area is 216 Å². The van der Waals surface area contributed by atoms with Gasteiger partial charge in [-0.05, 0) is 33.4 Å². The number of carboxylic acid groups (broad SMARTS) is 1. The van der Waals surface area contributed by atoms with Crippen LogP contribution in [0.2, 0.25) is 0 Å². The lowest BCUT2D eigenvalue weighted by Gasteiger charge is -2.24. The standard InChI is InChI=1S/C24H39N7O6/c1-5-7-8-9-11-30(4)15-20(32)18(13-21(33)34)28-23(35)19(6-2)31-12-10-26-22(24(31)36)27-14-17(25)16(3)29-37/h10,12,18-19,25,37H,5-9,11,13-15H2,1-4H3,(H,26,27)(H,28,35)(H,33,34)/b25-17?,29-16-. The zero-order valence-corrected chi connectivity index (χ0v) is 22.0. The Kier molecular flexibility index (Phi) is 13.8. The predicted molar refractivity (Wildman–Crippen MR) is 140 cm³/mol. The minimum atomic E-state index is -1.24. The van der Waals surface area contributed by atoms with E-state index in [0.717, 1.165) is 30.3 Å². The molecular formula is C24H39N7O6. The molecular weight excluding hydrogens is 482 g/mol. The molecule has 1 amide bonds. The van der Waals surface area contributed by atoms with Crippen LogP contribution in [0.3, 0.4) is 0 Å². The van der Waals surface area contributed by atoms with Crippen molar-refractivity contribution in [3.05, 3.63) is 22.7 Å². The number of anilines is 1. The first-order valence-corrected chi connectivity index (χ1v) is 12.4. The molecule has 0 bridgehead atoms. The molecule has 0 aromatic carbocycles. The highest BCUT2D eigenvalue weighted by Gasteiger charge is 2.29. The summed E-state index contributed by atoms with van der Waals surface area (Å²) in [7, 11) is 1.77. The number of likely N-dealkylation sites (N-methyl/N-ethyl adjacent to an activating group) is 1. The van der Waals surface area contributed by atoms with Crippen LogP contribution in [0.25, 0.3) is 0 Å². The van der Waals surface area contributed by atoms with Crippen molar-refractivity contribution in [3.63, 3.8) is 0 Å². The van der Waals surface area contributed by atoms with Gasteiger partial charge in [0.25, 0.3) is 5.56 Å². The fourth-order valence-electron chi connectivity index (χ4n) is 3.61. The molecule has 1 aromatic heterocycles. The lowest BCUT2D eigenvalue weighted by molar-refractivity contribution is -0.140. The van der Waals surface area contributed by atoms with Crippen LogP contribution < -0.4 is 16.2 Å². The maximum absolute atomic E-state index is 13.1. The smallest absolute Gasteiger partial charge is 0.305 e. The molecule has 0 saturated heterocycles. The monoisotopic (exact) mass is 521 g/mol. The van der Waals surface area contributed by atoms with E-state index in [2.05, 4.69) is 27.7 Å². The summed E-state index contributed by atoms with van der Waals surface area (Å²) >= 11 is 0. The Bertz CT molecular complexity index is 1020. The number of hydrogen-bond donors (Lipinski definition) is 5. The van der Waals surface area contributed by atoms with Crippen molar-refractivity contribution < 1.29 is 24.7 Å². The Balaban J connectivity index is 2.99. The van der Waals surface area contributed by atoms with Crippen LogP contribution in [0.15, 0.2) is 22.3 Å². The van der Waals surface area contributed by atoms with Crippen molar-refractivity contribution >= 4 is 34.9 Å². The molecule has 37 heavy (non-hydrogen) atoms. The number of ketones is 1. The number of nitrogens with one attached hydrogen (secondary N) is 3. The van der Waals surface area contributed by atoms with Gasteiger partial charge in [-0.3, -0.25) is 28.6 Å².